The van der Waals surface area contributed by atoms with E-state index in [2.05, 4.69) is 12.2 Å². The minimum atomic E-state index is -3.61. The van der Waals surface area contributed by atoms with Crippen LogP contribution in [0.4, 0.5) is 5.69 Å². The van der Waals surface area contributed by atoms with E-state index >= 15 is 0 Å². The van der Waals surface area contributed by atoms with E-state index < -0.39 is 16.1 Å². The Labute approximate surface area is 222 Å². The van der Waals surface area contributed by atoms with Crippen molar-refractivity contribution in [3.63, 3.8) is 0 Å². The Hall–Kier alpha value is -3.07. The predicted octanol–water partition coefficient (Wildman–Crippen LogP) is 4.27. The Morgan fingerprint density at radius 1 is 1.05 bits per heavy atom. The van der Waals surface area contributed by atoms with Gasteiger partial charge in [-0.05, 0) is 51.3 Å². The first-order valence-corrected chi connectivity index (χ1v) is 14.8. The van der Waals surface area contributed by atoms with Crippen molar-refractivity contribution in [3.8, 4) is 5.75 Å². The highest BCUT2D eigenvalue weighted by atomic mass is 32.2. The average Bonchev–Trinajstić information content (AvgIpc) is 2.85. The second-order valence-electron chi connectivity index (χ2n) is 9.17. The minimum Gasteiger partial charge on any atom is -0.492 e. The van der Waals surface area contributed by atoms with E-state index in [1.807, 2.05) is 38.1 Å². The number of hydrogen-bond donors (Lipinski definition) is 1. The Balaban J connectivity index is 2.18. The van der Waals surface area contributed by atoms with Gasteiger partial charge in [-0.2, -0.15) is 0 Å². The van der Waals surface area contributed by atoms with Crippen LogP contribution in [0.2, 0.25) is 0 Å². The lowest BCUT2D eigenvalue weighted by molar-refractivity contribution is -0.140. The summed E-state index contributed by atoms with van der Waals surface area (Å²) in [5.74, 6) is 0.0734. The number of carbonyl (C=O) groups excluding carboxylic acids is 2. The molecule has 0 aromatic heterocycles. The molecule has 1 N–H and O–H groups in total. The van der Waals surface area contributed by atoms with Crippen molar-refractivity contribution in [2.24, 2.45) is 0 Å². The van der Waals surface area contributed by atoms with Crippen molar-refractivity contribution < 1.29 is 22.7 Å². The van der Waals surface area contributed by atoms with Gasteiger partial charge in [0.05, 0.1) is 18.6 Å². The molecule has 2 aromatic carbocycles. The van der Waals surface area contributed by atoms with Crippen LogP contribution in [0.1, 0.15) is 57.6 Å². The number of carbonyl (C=O) groups is 2. The van der Waals surface area contributed by atoms with Crippen molar-refractivity contribution in [2.45, 2.75) is 66.0 Å². The molecular weight excluding hydrogens is 490 g/mol. The second kappa shape index (κ2) is 14.6. The number of amides is 2. The molecule has 2 rings (SSSR count). The van der Waals surface area contributed by atoms with Gasteiger partial charge in [-0.25, -0.2) is 8.42 Å². The fourth-order valence-electron chi connectivity index (χ4n) is 4.05. The molecular formula is C28H41N3O5S. The third kappa shape index (κ3) is 9.39. The van der Waals surface area contributed by atoms with Crippen molar-refractivity contribution >= 4 is 27.5 Å². The van der Waals surface area contributed by atoms with Gasteiger partial charge in [0.2, 0.25) is 21.8 Å². The van der Waals surface area contributed by atoms with Crippen LogP contribution < -0.4 is 14.4 Å². The molecule has 0 unspecified atom stereocenters. The molecule has 0 aliphatic carbocycles. The molecule has 0 heterocycles. The van der Waals surface area contributed by atoms with Crippen LogP contribution in [-0.4, -0.2) is 57.1 Å². The predicted molar refractivity (Wildman–Crippen MR) is 148 cm³/mol. The van der Waals surface area contributed by atoms with Gasteiger partial charge in [-0.3, -0.25) is 13.9 Å². The van der Waals surface area contributed by atoms with Crippen molar-refractivity contribution in [1.82, 2.24) is 10.2 Å². The number of nitrogens with one attached hydrogen (secondary N) is 1. The van der Waals surface area contributed by atoms with E-state index in [0.29, 0.717) is 37.6 Å². The highest BCUT2D eigenvalue weighted by Gasteiger charge is 2.27. The van der Waals surface area contributed by atoms with E-state index in [1.54, 1.807) is 36.1 Å². The van der Waals surface area contributed by atoms with E-state index in [4.69, 9.17) is 4.74 Å². The maximum Gasteiger partial charge on any atom is 0.242 e. The van der Waals surface area contributed by atoms with E-state index in [0.717, 1.165) is 30.2 Å². The Morgan fingerprint density at radius 3 is 2.43 bits per heavy atom. The van der Waals surface area contributed by atoms with E-state index in [1.165, 1.54) is 4.31 Å². The summed E-state index contributed by atoms with van der Waals surface area (Å²) in [6.07, 6.45) is 3.37. The van der Waals surface area contributed by atoms with Crippen LogP contribution in [0.5, 0.6) is 5.75 Å². The summed E-state index contributed by atoms with van der Waals surface area (Å²) < 4.78 is 32.1. The Kier molecular flexibility index (Phi) is 11.9. The lowest BCUT2D eigenvalue weighted by Gasteiger charge is -2.29. The SMILES string of the molecule is CCCCNC(=O)[C@@H](C)N(Cc1cccc(C)c1)C(=O)CCCN(c1ccccc1OCC)S(C)(=O)=O. The summed E-state index contributed by atoms with van der Waals surface area (Å²) in [6.45, 7) is 8.98. The van der Waals surface area contributed by atoms with E-state index in [9.17, 15) is 18.0 Å². The first-order chi connectivity index (χ1) is 17.6. The normalized spacial score (nSPS) is 12.0. The fraction of sp³-hybridized carbons (Fsp3) is 0.500. The first-order valence-electron chi connectivity index (χ1n) is 12.9. The van der Waals surface area contributed by atoms with Gasteiger partial charge in [0, 0.05) is 26.1 Å². The molecule has 0 bridgehead atoms. The van der Waals surface area contributed by atoms with Crippen LogP contribution >= 0.6 is 0 Å². The summed E-state index contributed by atoms with van der Waals surface area (Å²) in [7, 11) is -3.61. The number of benzene rings is 2. The molecule has 37 heavy (non-hydrogen) atoms. The zero-order chi connectivity index (χ0) is 27.4. The van der Waals surface area contributed by atoms with Crippen LogP contribution in [0.25, 0.3) is 0 Å². The highest BCUT2D eigenvalue weighted by Crippen LogP contribution is 2.30. The molecule has 2 amide bonds. The zero-order valence-corrected chi connectivity index (χ0v) is 23.5. The van der Waals surface area contributed by atoms with Gasteiger partial charge in [0.15, 0.2) is 0 Å². The van der Waals surface area contributed by atoms with Gasteiger partial charge in [0.1, 0.15) is 11.8 Å². The van der Waals surface area contributed by atoms with Crippen LogP contribution in [0, 0.1) is 6.92 Å². The number of aryl methyl sites for hydroxylation is 1. The maximum atomic E-state index is 13.4. The minimum absolute atomic E-state index is 0.0984. The second-order valence-corrected chi connectivity index (χ2v) is 11.1. The maximum absolute atomic E-state index is 13.4. The quantitative estimate of drug-likeness (QED) is 0.346. The van der Waals surface area contributed by atoms with Gasteiger partial charge >= 0.3 is 0 Å². The summed E-state index contributed by atoms with van der Waals surface area (Å²) in [5.41, 5.74) is 2.45. The monoisotopic (exact) mass is 531 g/mol. The van der Waals surface area contributed by atoms with Gasteiger partial charge in [-0.1, -0.05) is 55.3 Å². The number of para-hydroxylation sites is 2. The molecule has 0 aliphatic heterocycles. The largest absolute Gasteiger partial charge is 0.492 e. The number of ether oxygens (including phenoxy) is 1. The molecule has 204 valence electrons. The smallest absolute Gasteiger partial charge is 0.242 e. The molecule has 0 aliphatic rings. The zero-order valence-electron chi connectivity index (χ0n) is 22.7. The summed E-state index contributed by atoms with van der Waals surface area (Å²) in [5, 5.41) is 2.92. The van der Waals surface area contributed by atoms with Crippen molar-refractivity contribution in [3.05, 3.63) is 59.7 Å². The summed E-state index contributed by atoms with van der Waals surface area (Å²) in [4.78, 5) is 27.8. The standard InChI is InChI=1S/C28H41N3O5S/c1-6-8-18-29-28(33)23(4)30(21-24-14-11-13-22(3)20-24)27(32)17-12-19-31(37(5,34)35)25-15-9-10-16-26(25)36-7-2/h9-11,13-16,20,23H,6-8,12,17-19,21H2,1-5H3,(H,29,33)/t23-/m1/s1. The molecule has 0 saturated carbocycles. The Bertz CT molecular complexity index is 1140. The number of anilines is 1. The lowest BCUT2D eigenvalue weighted by atomic mass is 10.1. The van der Waals surface area contributed by atoms with Crippen molar-refractivity contribution in [2.75, 3.05) is 30.3 Å². The Morgan fingerprint density at radius 2 is 1.78 bits per heavy atom. The molecule has 0 radical (unpaired) electrons. The molecule has 0 spiro atoms. The number of rotatable bonds is 15. The average molecular weight is 532 g/mol. The third-order valence-electron chi connectivity index (χ3n) is 6.02. The van der Waals surface area contributed by atoms with Crippen LogP contribution in [0.15, 0.2) is 48.5 Å². The van der Waals surface area contributed by atoms with Crippen LogP contribution in [0.3, 0.4) is 0 Å². The van der Waals surface area contributed by atoms with Gasteiger partial charge in [0.25, 0.3) is 0 Å². The molecule has 8 nitrogen and oxygen atoms in total. The van der Waals surface area contributed by atoms with Gasteiger partial charge in [-0.15, -0.1) is 0 Å². The lowest BCUT2D eigenvalue weighted by Crippen LogP contribution is -2.48. The highest BCUT2D eigenvalue weighted by molar-refractivity contribution is 7.92. The number of nitrogens with zero attached hydrogens (tertiary/aromatic N) is 2. The van der Waals surface area contributed by atoms with Crippen molar-refractivity contribution in [1.29, 1.82) is 0 Å². The first kappa shape index (κ1) is 30.2. The molecule has 1 atom stereocenters. The molecule has 0 saturated heterocycles. The van der Waals surface area contributed by atoms with Crippen LogP contribution in [-0.2, 0) is 26.2 Å². The number of unbranched alkanes of at least 4 members (excludes halogenated alkanes) is 1. The van der Waals surface area contributed by atoms with Gasteiger partial charge < -0.3 is 15.0 Å². The summed E-state index contributed by atoms with van der Waals surface area (Å²) in [6, 6.07) is 14.1. The molecule has 9 heteroatoms. The fourth-order valence-corrected chi connectivity index (χ4v) is 5.02. The number of hydrogen-bond acceptors (Lipinski definition) is 5. The third-order valence-corrected chi connectivity index (χ3v) is 7.20. The number of sulfonamides is 1. The topological polar surface area (TPSA) is 96.0 Å². The molecule has 2 aromatic rings. The summed E-state index contributed by atoms with van der Waals surface area (Å²) >= 11 is 0. The van der Waals surface area contributed by atoms with E-state index in [-0.39, 0.29) is 24.8 Å². The molecule has 0 fully saturated rings.